The molecule has 0 aliphatic heterocycles. The van der Waals surface area contributed by atoms with Crippen molar-refractivity contribution in [2.45, 2.75) is 90.3 Å². The number of aromatic amines is 1. The fourth-order valence-electron chi connectivity index (χ4n) is 5.17. The number of alkyl carbamates (subject to hydrolysis) is 1. The number of aromatic nitrogens is 2. The zero-order valence-corrected chi connectivity index (χ0v) is 23.1. The molecule has 206 valence electrons. The second-order valence-electron chi connectivity index (χ2n) is 11.6. The maximum absolute atomic E-state index is 13.2. The molecule has 0 saturated heterocycles. The number of H-pyrrole nitrogens is 1. The van der Waals surface area contributed by atoms with Crippen LogP contribution in [0.3, 0.4) is 0 Å². The van der Waals surface area contributed by atoms with E-state index in [-0.39, 0.29) is 41.2 Å². The number of benzene rings is 1. The highest BCUT2D eigenvalue weighted by molar-refractivity contribution is 5.94. The van der Waals surface area contributed by atoms with Crippen LogP contribution in [0.4, 0.5) is 10.6 Å². The molecule has 1 saturated carbocycles. The van der Waals surface area contributed by atoms with Crippen LogP contribution < -0.4 is 15.4 Å². The molecule has 4 rings (SSSR count). The molecular formula is C28H39N5O5. The van der Waals surface area contributed by atoms with E-state index in [1.54, 1.807) is 19.4 Å². The smallest absolute Gasteiger partial charge is 0.407 e. The van der Waals surface area contributed by atoms with Gasteiger partial charge in [-0.3, -0.25) is 14.9 Å². The molecule has 0 bridgehead atoms. The van der Waals surface area contributed by atoms with Crippen molar-refractivity contribution in [2.24, 2.45) is 10.9 Å². The van der Waals surface area contributed by atoms with Gasteiger partial charge in [-0.05, 0) is 77.8 Å². The van der Waals surface area contributed by atoms with Gasteiger partial charge >= 0.3 is 6.09 Å². The number of phenolic OH excluding ortho intramolecular Hbond substituents is 1. The quantitative estimate of drug-likeness (QED) is 0.394. The highest BCUT2D eigenvalue weighted by Crippen LogP contribution is 2.41. The van der Waals surface area contributed by atoms with Crippen LogP contribution in [-0.4, -0.2) is 58.3 Å². The van der Waals surface area contributed by atoms with Crippen molar-refractivity contribution in [3.05, 3.63) is 34.5 Å². The van der Waals surface area contributed by atoms with E-state index in [1.807, 2.05) is 40.7 Å². The van der Waals surface area contributed by atoms with Crippen molar-refractivity contribution in [1.82, 2.24) is 15.5 Å². The molecular weight excluding hydrogens is 486 g/mol. The van der Waals surface area contributed by atoms with Gasteiger partial charge in [0.25, 0.3) is 0 Å². The summed E-state index contributed by atoms with van der Waals surface area (Å²) in [7, 11) is 1.56. The largest absolute Gasteiger partial charge is 0.507 e. The van der Waals surface area contributed by atoms with E-state index in [2.05, 4.69) is 25.8 Å². The molecule has 2 amide bonds. The maximum Gasteiger partial charge on any atom is 0.407 e. The van der Waals surface area contributed by atoms with Crippen LogP contribution >= 0.6 is 0 Å². The van der Waals surface area contributed by atoms with Crippen molar-refractivity contribution in [3.63, 3.8) is 0 Å². The summed E-state index contributed by atoms with van der Waals surface area (Å²) < 4.78 is 11.1. The monoisotopic (exact) mass is 525 g/mol. The summed E-state index contributed by atoms with van der Waals surface area (Å²) in [4.78, 5) is 29.7. The van der Waals surface area contributed by atoms with E-state index in [9.17, 15) is 14.7 Å². The van der Waals surface area contributed by atoms with Gasteiger partial charge in [-0.1, -0.05) is 0 Å². The van der Waals surface area contributed by atoms with Gasteiger partial charge in [0.15, 0.2) is 5.82 Å². The first-order valence-corrected chi connectivity index (χ1v) is 13.2. The van der Waals surface area contributed by atoms with Crippen molar-refractivity contribution in [3.8, 4) is 11.5 Å². The molecule has 0 spiro atoms. The molecule has 1 aromatic heterocycles. The van der Waals surface area contributed by atoms with E-state index in [4.69, 9.17) is 9.47 Å². The van der Waals surface area contributed by atoms with Gasteiger partial charge in [0, 0.05) is 53.0 Å². The Labute approximate surface area is 223 Å². The van der Waals surface area contributed by atoms with E-state index in [0.717, 1.165) is 29.7 Å². The Bertz CT molecular complexity index is 1210. The van der Waals surface area contributed by atoms with Gasteiger partial charge in [-0.15, -0.1) is 0 Å². The minimum atomic E-state index is -0.401. The number of hydrogen-bond acceptors (Lipinski definition) is 7. The Balaban J connectivity index is 1.38. The second-order valence-corrected chi connectivity index (χ2v) is 11.6. The van der Waals surface area contributed by atoms with Crippen LogP contribution in [0.5, 0.6) is 11.5 Å². The predicted molar refractivity (Wildman–Crippen MR) is 145 cm³/mol. The molecule has 2 aliphatic carbocycles. The fraction of sp³-hybridized carbons (Fsp3) is 0.571. The number of rotatable bonds is 7. The molecule has 3 atom stereocenters. The Morgan fingerprint density at radius 3 is 2.63 bits per heavy atom. The van der Waals surface area contributed by atoms with Crippen molar-refractivity contribution >= 4 is 24.0 Å². The van der Waals surface area contributed by atoms with E-state index >= 15 is 0 Å². The van der Waals surface area contributed by atoms with Gasteiger partial charge in [-0.25, -0.2) is 4.79 Å². The first-order chi connectivity index (χ1) is 17.9. The Morgan fingerprint density at radius 2 is 1.95 bits per heavy atom. The molecule has 1 unspecified atom stereocenters. The number of hydrogen-bond donors (Lipinski definition) is 4. The number of nitrogens with zero attached hydrogens (tertiary/aromatic N) is 2. The number of amides is 2. The molecule has 1 heterocycles. The topological polar surface area (TPSA) is 138 Å². The SMILES string of the molecule is COc1cc(O)c(C=NC(C)C)c2c1CC(C(=O)Nc1cc([C@H]3CC[C@@H](OC(=O)NC(C)(C)C)C3)[nH]n1)C2. The van der Waals surface area contributed by atoms with E-state index < -0.39 is 6.09 Å². The molecule has 10 nitrogen and oxygen atoms in total. The van der Waals surface area contributed by atoms with Gasteiger partial charge in [0.1, 0.15) is 17.6 Å². The molecule has 4 N–H and O–H groups in total. The number of phenols is 1. The summed E-state index contributed by atoms with van der Waals surface area (Å²) in [6, 6.07) is 3.53. The lowest BCUT2D eigenvalue weighted by Crippen LogP contribution is -2.42. The summed E-state index contributed by atoms with van der Waals surface area (Å²) in [5.74, 6) is 0.846. The van der Waals surface area contributed by atoms with Crippen LogP contribution in [0.25, 0.3) is 0 Å². The summed E-state index contributed by atoms with van der Waals surface area (Å²) in [5.41, 5.74) is 3.02. The van der Waals surface area contributed by atoms with Gasteiger partial charge in [0.05, 0.1) is 7.11 Å². The summed E-state index contributed by atoms with van der Waals surface area (Å²) in [5, 5.41) is 23.7. The third-order valence-electron chi connectivity index (χ3n) is 6.95. The van der Waals surface area contributed by atoms with Crippen LogP contribution in [0.1, 0.15) is 82.2 Å². The number of methoxy groups -OCH3 is 1. The predicted octanol–water partition coefficient (Wildman–Crippen LogP) is 4.47. The third kappa shape index (κ3) is 6.46. The minimum absolute atomic E-state index is 0.0869. The second kappa shape index (κ2) is 11.0. The highest BCUT2D eigenvalue weighted by Gasteiger charge is 2.34. The molecule has 10 heteroatoms. The average Bonchev–Trinajstić information content (AvgIpc) is 3.56. The summed E-state index contributed by atoms with van der Waals surface area (Å²) in [6.07, 6.45) is 4.45. The molecule has 38 heavy (non-hydrogen) atoms. The normalized spacial score (nSPS) is 21.1. The number of carbonyl (C=O) groups excluding carboxylic acids is 2. The molecule has 1 aromatic carbocycles. The van der Waals surface area contributed by atoms with E-state index in [0.29, 0.717) is 36.4 Å². The highest BCUT2D eigenvalue weighted by atomic mass is 16.6. The lowest BCUT2D eigenvalue weighted by Gasteiger charge is -2.22. The zero-order chi connectivity index (χ0) is 27.6. The van der Waals surface area contributed by atoms with Crippen molar-refractivity contribution in [1.29, 1.82) is 0 Å². The zero-order valence-electron chi connectivity index (χ0n) is 23.1. The lowest BCUT2D eigenvalue weighted by atomic mass is 10.0. The van der Waals surface area contributed by atoms with Crippen molar-refractivity contribution in [2.75, 3.05) is 12.4 Å². The summed E-state index contributed by atoms with van der Waals surface area (Å²) in [6.45, 7) is 9.67. The first-order valence-electron chi connectivity index (χ1n) is 13.2. The number of aliphatic imine (C=N–C) groups is 1. The number of ether oxygens (including phenoxy) is 2. The molecule has 2 aromatic rings. The van der Waals surface area contributed by atoms with Gasteiger partial charge in [0.2, 0.25) is 5.91 Å². The number of nitrogens with one attached hydrogen (secondary N) is 3. The molecule has 2 aliphatic rings. The number of anilines is 1. The van der Waals surface area contributed by atoms with Crippen LogP contribution in [-0.2, 0) is 22.4 Å². The van der Waals surface area contributed by atoms with Crippen LogP contribution in [0.15, 0.2) is 17.1 Å². The van der Waals surface area contributed by atoms with Gasteiger partial charge < -0.3 is 25.2 Å². The number of aromatic hydroxyl groups is 1. The van der Waals surface area contributed by atoms with Crippen molar-refractivity contribution < 1.29 is 24.2 Å². The summed E-state index contributed by atoms with van der Waals surface area (Å²) >= 11 is 0. The fourth-order valence-corrected chi connectivity index (χ4v) is 5.17. The Kier molecular flexibility index (Phi) is 7.99. The Morgan fingerprint density at radius 1 is 1.21 bits per heavy atom. The number of carbonyl (C=O) groups is 2. The molecule has 1 fully saturated rings. The maximum atomic E-state index is 13.2. The van der Waals surface area contributed by atoms with Crippen LogP contribution in [0.2, 0.25) is 0 Å². The third-order valence-corrected chi connectivity index (χ3v) is 6.95. The molecule has 0 radical (unpaired) electrons. The average molecular weight is 526 g/mol. The van der Waals surface area contributed by atoms with E-state index in [1.165, 1.54) is 0 Å². The lowest BCUT2D eigenvalue weighted by molar-refractivity contribution is -0.119. The standard InChI is InChI=1S/C28H39N5O5/c1-15(2)29-14-21-19-10-17(11-20(19)24(37-6)13-23(21)34)26(35)30-25-12-22(32-33-25)16-7-8-18(9-16)38-27(36)31-28(3,4)5/h12-18,34H,7-11H2,1-6H3,(H,31,36)(H2,30,32,33,35)/t16-,17?,18+/m0/s1. The van der Waals surface area contributed by atoms with Crippen LogP contribution in [0, 0.1) is 5.92 Å². The minimum Gasteiger partial charge on any atom is -0.507 e. The Hall–Kier alpha value is -3.56. The first kappa shape index (κ1) is 27.5. The number of fused-ring (bicyclic) bond motifs is 1. The van der Waals surface area contributed by atoms with Gasteiger partial charge in [-0.2, -0.15) is 5.10 Å².